The summed E-state index contributed by atoms with van der Waals surface area (Å²) in [6.45, 7) is 3.94. The lowest BCUT2D eigenvalue weighted by Gasteiger charge is -2.23. The minimum Gasteiger partial charge on any atom is -0.311 e. The number of nitrogens with one attached hydrogen (secondary N) is 2. The molecular formula is C13H15N3O2S. The van der Waals surface area contributed by atoms with Crippen LogP contribution in [0.2, 0.25) is 0 Å². The number of rotatable bonds is 2. The second-order valence-electron chi connectivity index (χ2n) is 4.99. The van der Waals surface area contributed by atoms with Gasteiger partial charge in [-0.15, -0.1) is 11.3 Å². The van der Waals surface area contributed by atoms with Crippen LogP contribution in [0.5, 0.6) is 0 Å². The van der Waals surface area contributed by atoms with Crippen LogP contribution < -0.4 is 10.9 Å². The minimum absolute atomic E-state index is 0.0423. The van der Waals surface area contributed by atoms with E-state index in [0.29, 0.717) is 17.8 Å². The minimum atomic E-state index is -0.132. The molecular weight excluding hydrogens is 262 g/mol. The van der Waals surface area contributed by atoms with E-state index in [1.807, 2.05) is 31.4 Å². The van der Waals surface area contributed by atoms with Crippen LogP contribution in [0.15, 0.2) is 22.3 Å². The third-order valence-electron chi connectivity index (χ3n) is 3.36. The molecule has 0 fully saturated rings. The monoisotopic (exact) mass is 277 g/mol. The average Bonchev–Trinajstić information content (AvgIpc) is 2.96. The molecule has 19 heavy (non-hydrogen) atoms. The van der Waals surface area contributed by atoms with Crippen molar-refractivity contribution in [1.82, 2.24) is 9.78 Å². The van der Waals surface area contributed by atoms with E-state index >= 15 is 0 Å². The Hall–Kier alpha value is -1.82. The van der Waals surface area contributed by atoms with Crippen LogP contribution in [0, 0.1) is 0 Å². The summed E-state index contributed by atoms with van der Waals surface area (Å²) < 4.78 is 1.73. The number of aromatic nitrogens is 2. The number of anilines is 1. The standard InChI is InChI=1S/C13H15N3O2S/c1-7(2)16-12-11(13(18)15-16)8(6-10(17)14-12)9-4-3-5-19-9/h3-5,7-8H,6H2,1-2H3,(H,14,17)(H,15,18)/t8-/m0/s1. The van der Waals surface area contributed by atoms with Gasteiger partial charge in [-0.05, 0) is 25.3 Å². The van der Waals surface area contributed by atoms with Crippen molar-refractivity contribution in [1.29, 1.82) is 0 Å². The maximum atomic E-state index is 12.2. The molecule has 0 aliphatic carbocycles. The molecule has 3 rings (SSSR count). The molecule has 0 saturated carbocycles. The second-order valence-corrected chi connectivity index (χ2v) is 5.97. The van der Waals surface area contributed by atoms with Gasteiger partial charge < -0.3 is 5.32 Å². The van der Waals surface area contributed by atoms with Gasteiger partial charge in [-0.2, -0.15) is 0 Å². The van der Waals surface area contributed by atoms with Gasteiger partial charge in [-0.1, -0.05) is 6.07 Å². The molecule has 1 amide bonds. The lowest BCUT2D eigenvalue weighted by molar-refractivity contribution is -0.116. The molecule has 1 aliphatic rings. The van der Waals surface area contributed by atoms with Crippen LogP contribution in [-0.4, -0.2) is 15.7 Å². The van der Waals surface area contributed by atoms with Gasteiger partial charge >= 0.3 is 0 Å². The van der Waals surface area contributed by atoms with E-state index in [1.165, 1.54) is 0 Å². The zero-order chi connectivity index (χ0) is 13.6. The maximum Gasteiger partial charge on any atom is 0.270 e. The second kappa shape index (κ2) is 4.38. The molecule has 100 valence electrons. The SMILES string of the molecule is CC(C)n1[nH]c(=O)c2c1NC(=O)C[C@H]2c1cccs1. The molecule has 0 aromatic carbocycles. The number of hydrogen-bond donors (Lipinski definition) is 2. The first-order valence-corrected chi connectivity index (χ1v) is 7.13. The molecule has 6 heteroatoms. The predicted molar refractivity (Wildman–Crippen MR) is 74.8 cm³/mol. The quantitative estimate of drug-likeness (QED) is 0.884. The predicted octanol–water partition coefficient (Wildman–Crippen LogP) is 2.29. The van der Waals surface area contributed by atoms with E-state index in [9.17, 15) is 9.59 Å². The Bertz CT molecular complexity index is 667. The van der Waals surface area contributed by atoms with E-state index < -0.39 is 0 Å². The van der Waals surface area contributed by atoms with Crippen molar-refractivity contribution >= 4 is 23.1 Å². The van der Waals surface area contributed by atoms with Crippen molar-refractivity contribution in [2.24, 2.45) is 0 Å². The largest absolute Gasteiger partial charge is 0.311 e. The molecule has 5 nitrogen and oxygen atoms in total. The molecule has 1 aliphatic heterocycles. The highest BCUT2D eigenvalue weighted by Gasteiger charge is 2.33. The lowest BCUT2D eigenvalue weighted by Crippen LogP contribution is -2.26. The number of hydrogen-bond acceptors (Lipinski definition) is 3. The van der Waals surface area contributed by atoms with Gasteiger partial charge in [0.05, 0.1) is 5.56 Å². The molecule has 2 aromatic heterocycles. The molecule has 0 bridgehead atoms. The zero-order valence-corrected chi connectivity index (χ0v) is 11.6. The number of thiophene rings is 1. The number of carbonyl (C=O) groups excluding carboxylic acids is 1. The van der Waals surface area contributed by atoms with Crippen LogP contribution >= 0.6 is 11.3 Å². The molecule has 2 N–H and O–H groups in total. The summed E-state index contributed by atoms with van der Waals surface area (Å²) in [5, 5.41) is 7.61. The summed E-state index contributed by atoms with van der Waals surface area (Å²) in [5.41, 5.74) is 0.567. The molecule has 0 saturated heterocycles. The Balaban J connectivity index is 2.19. The first-order valence-electron chi connectivity index (χ1n) is 6.25. The maximum absolute atomic E-state index is 12.2. The van der Waals surface area contributed by atoms with Crippen molar-refractivity contribution in [2.75, 3.05) is 5.32 Å². The Morgan fingerprint density at radius 3 is 2.84 bits per heavy atom. The van der Waals surface area contributed by atoms with Gasteiger partial charge in [-0.25, -0.2) is 0 Å². The van der Waals surface area contributed by atoms with Crippen molar-refractivity contribution in [3.63, 3.8) is 0 Å². The summed E-state index contributed by atoms with van der Waals surface area (Å²) in [4.78, 5) is 25.1. The number of nitrogens with zero attached hydrogens (tertiary/aromatic N) is 1. The van der Waals surface area contributed by atoms with E-state index in [2.05, 4.69) is 10.4 Å². The van der Waals surface area contributed by atoms with Crippen molar-refractivity contribution in [2.45, 2.75) is 32.2 Å². The van der Waals surface area contributed by atoms with Crippen LogP contribution in [0.3, 0.4) is 0 Å². The normalized spacial score (nSPS) is 18.5. The van der Waals surface area contributed by atoms with Crippen LogP contribution in [-0.2, 0) is 4.79 Å². The number of H-pyrrole nitrogens is 1. The highest BCUT2D eigenvalue weighted by molar-refractivity contribution is 7.10. The Labute approximate surface area is 114 Å². The third kappa shape index (κ3) is 1.92. The van der Waals surface area contributed by atoms with E-state index in [1.54, 1.807) is 16.0 Å². The topological polar surface area (TPSA) is 66.9 Å². The van der Waals surface area contributed by atoms with Crippen LogP contribution in [0.25, 0.3) is 0 Å². The number of carbonyl (C=O) groups is 1. The van der Waals surface area contributed by atoms with Gasteiger partial charge in [0.25, 0.3) is 5.56 Å². The summed E-state index contributed by atoms with van der Waals surface area (Å²) in [6.07, 6.45) is 0.332. The number of fused-ring (bicyclic) bond motifs is 1. The summed E-state index contributed by atoms with van der Waals surface area (Å²) >= 11 is 1.58. The van der Waals surface area contributed by atoms with Crippen molar-refractivity contribution in [3.05, 3.63) is 38.3 Å². The molecule has 1 atom stereocenters. The van der Waals surface area contributed by atoms with E-state index in [-0.39, 0.29) is 23.4 Å². The Morgan fingerprint density at radius 2 is 2.21 bits per heavy atom. The fraction of sp³-hybridized carbons (Fsp3) is 0.385. The summed E-state index contributed by atoms with van der Waals surface area (Å²) in [6, 6.07) is 4.02. The fourth-order valence-electron chi connectivity index (χ4n) is 2.50. The van der Waals surface area contributed by atoms with Gasteiger partial charge in [0, 0.05) is 23.3 Å². The van der Waals surface area contributed by atoms with Crippen molar-refractivity contribution in [3.8, 4) is 0 Å². The smallest absolute Gasteiger partial charge is 0.270 e. The number of amides is 1. The molecule has 0 unspecified atom stereocenters. The third-order valence-corrected chi connectivity index (χ3v) is 4.35. The van der Waals surface area contributed by atoms with E-state index in [0.717, 1.165) is 4.88 Å². The Morgan fingerprint density at radius 1 is 1.42 bits per heavy atom. The highest BCUT2D eigenvalue weighted by atomic mass is 32.1. The average molecular weight is 277 g/mol. The zero-order valence-electron chi connectivity index (χ0n) is 10.8. The van der Waals surface area contributed by atoms with Gasteiger partial charge in [0.2, 0.25) is 5.91 Å². The lowest BCUT2D eigenvalue weighted by atomic mass is 9.92. The van der Waals surface area contributed by atoms with Gasteiger partial charge in [0.1, 0.15) is 5.82 Å². The summed E-state index contributed by atoms with van der Waals surface area (Å²) in [5.74, 6) is 0.446. The van der Waals surface area contributed by atoms with Gasteiger partial charge in [-0.3, -0.25) is 19.4 Å². The Kier molecular flexibility index (Phi) is 2.82. The molecule has 0 spiro atoms. The fourth-order valence-corrected chi connectivity index (χ4v) is 3.34. The molecule has 2 aromatic rings. The first kappa shape index (κ1) is 12.2. The highest BCUT2D eigenvalue weighted by Crippen LogP contribution is 2.37. The van der Waals surface area contributed by atoms with Crippen molar-refractivity contribution < 1.29 is 4.79 Å². The van der Waals surface area contributed by atoms with E-state index in [4.69, 9.17) is 0 Å². The number of aromatic amines is 1. The molecule has 0 radical (unpaired) electrons. The van der Waals surface area contributed by atoms with Gasteiger partial charge in [0.15, 0.2) is 0 Å². The molecule has 3 heterocycles. The summed E-state index contributed by atoms with van der Waals surface area (Å²) in [7, 11) is 0. The first-order chi connectivity index (χ1) is 9.08. The van der Waals surface area contributed by atoms with Crippen LogP contribution in [0.1, 0.15) is 42.7 Å². The van der Waals surface area contributed by atoms with Crippen LogP contribution in [0.4, 0.5) is 5.82 Å².